The van der Waals surface area contributed by atoms with Gasteiger partial charge in [-0.2, -0.15) is 0 Å². The number of hydrogen-bond acceptors (Lipinski definition) is 5. The van der Waals surface area contributed by atoms with E-state index in [0.29, 0.717) is 25.9 Å². The monoisotopic (exact) mass is 1000 g/mol. The molecule has 420 valence electrons. The third-order valence-corrected chi connectivity index (χ3v) is 15.0. The lowest BCUT2D eigenvalue weighted by molar-refractivity contribution is -0.143. The second kappa shape index (κ2) is 60.9. The van der Waals surface area contributed by atoms with Gasteiger partial charge in [0.05, 0.1) is 25.4 Å². The summed E-state index contributed by atoms with van der Waals surface area (Å²) in [6.07, 6.45) is 74.9. The summed E-state index contributed by atoms with van der Waals surface area (Å²) in [5.74, 6) is -0.0273. The van der Waals surface area contributed by atoms with E-state index in [2.05, 4.69) is 43.5 Å². The smallest absolute Gasteiger partial charge is 0.305 e. The number of hydrogen-bond donors (Lipinski definition) is 3. The van der Waals surface area contributed by atoms with E-state index >= 15 is 0 Å². The van der Waals surface area contributed by atoms with Gasteiger partial charge in [-0.1, -0.05) is 308 Å². The molecule has 0 spiro atoms. The van der Waals surface area contributed by atoms with Crippen LogP contribution >= 0.6 is 0 Å². The van der Waals surface area contributed by atoms with Crippen molar-refractivity contribution in [2.75, 3.05) is 13.2 Å². The minimum atomic E-state index is -0.666. The number of rotatable bonds is 60. The fourth-order valence-corrected chi connectivity index (χ4v) is 10.1. The first kappa shape index (κ1) is 69.3. The molecule has 6 heteroatoms. The molecule has 0 fully saturated rings. The first-order valence-electron chi connectivity index (χ1n) is 32.1. The van der Waals surface area contributed by atoms with Crippen molar-refractivity contribution in [2.24, 2.45) is 0 Å². The molecule has 6 nitrogen and oxygen atoms in total. The molecule has 0 aliphatic carbocycles. The highest BCUT2D eigenvalue weighted by Gasteiger charge is 2.20. The average Bonchev–Trinajstić information content (AvgIpc) is 3.37. The lowest BCUT2D eigenvalue weighted by atomic mass is 10.0. The van der Waals surface area contributed by atoms with Crippen LogP contribution in [0.2, 0.25) is 0 Å². The zero-order chi connectivity index (χ0) is 51.4. The van der Waals surface area contributed by atoms with Gasteiger partial charge in [-0.25, -0.2) is 0 Å². The van der Waals surface area contributed by atoms with Gasteiger partial charge in [-0.3, -0.25) is 9.59 Å². The molecule has 0 aromatic carbocycles. The van der Waals surface area contributed by atoms with Crippen LogP contribution < -0.4 is 5.32 Å². The predicted octanol–water partition coefficient (Wildman–Crippen LogP) is 20.2. The predicted molar refractivity (Wildman–Crippen MR) is 310 cm³/mol. The first-order valence-corrected chi connectivity index (χ1v) is 32.1. The molecule has 0 aromatic rings. The molecule has 1 amide bonds. The van der Waals surface area contributed by atoms with Crippen molar-refractivity contribution < 1.29 is 24.5 Å². The van der Waals surface area contributed by atoms with E-state index in [1.165, 1.54) is 276 Å². The van der Waals surface area contributed by atoms with Gasteiger partial charge in [-0.15, -0.1) is 0 Å². The van der Waals surface area contributed by atoms with Crippen LogP contribution in [0, 0.1) is 0 Å². The molecule has 71 heavy (non-hydrogen) atoms. The van der Waals surface area contributed by atoms with Gasteiger partial charge in [0.1, 0.15) is 0 Å². The van der Waals surface area contributed by atoms with Crippen molar-refractivity contribution >= 4 is 11.9 Å². The maximum atomic E-state index is 12.4. The Bertz CT molecular complexity index is 1110. The summed E-state index contributed by atoms with van der Waals surface area (Å²) >= 11 is 0. The Morgan fingerprint density at radius 2 is 0.704 bits per heavy atom. The Morgan fingerprint density at radius 1 is 0.394 bits per heavy atom. The SMILES string of the molecule is CCCCCCCCCCCCCCCCCCCCC(=O)OCCCCCCCCCCC/C=C\C/C=C\CCCCCCCCCCCC(=O)NC(CO)C(O)CCCCCCCCCCCCC. The van der Waals surface area contributed by atoms with E-state index in [0.717, 1.165) is 44.9 Å². The summed E-state index contributed by atoms with van der Waals surface area (Å²) in [5.41, 5.74) is 0. The van der Waals surface area contributed by atoms with Crippen LogP contribution in [0.1, 0.15) is 354 Å². The number of unbranched alkanes of at least 4 members (excludes halogenated alkanes) is 45. The van der Waals surface area contributed by atoms with Crippen molar-refractivity contribution in [1.29, 1.82) is 0 Å². The van der Waals surface area contributed by atoms with Crippen LogP contribution in [0.4, 0.5) is 0 Å². The third kappa shape index (κ3) is 57.5. The number of ether oxygens (including phenoxy) is 1. The van der Waals surface area contributed by atoms with E-state index in [-0.39, 0.29) is 18.5 Å². The Balaban J connectivity index is 3.39. The molecule has 0 heterocycles. The quantitative estimate of drug-likeness (QED) is 0.0320. The minimum Gasteiger partial charge on any atom is -0.466 e. The van der Waals surface area contributed by atoms with E-state index in [1.54, 1.807) is 0 Å². The molecule has 0 aliphatic rings. The highest BCUT2D eigenvalue weighted by Crippen LogP contribution is 2.18. The molecule has 0 aliphatic heterocycles. The van der Waals surface area contributed by atoms with Gasteiger partial charge in [-0.05, 0) is 57.8 Å². The topological polar surface area (TPSA) is 95.9 Å². The van der Waals surface area contributed by atoms with Crippen LogP contribution in [-0.2, 0) is 14.3 Å². The molecule has 0 aromatic heterocycles. The minimum absolute atomic E-state index is 0.0138. The number of esters is 1. The summed E-state index contributed by atoms with van der Waals surface area (Å²) in [6, 6.07) is -0.544. The van der Waals surface area contributed by atoms with Gasteiger partial charge in [0.25, 0.3) is 0 Å². The summed E-state index contributed by atoms with van der Waals surface area (Å²) in [4.78, 5) is 24.5. The summed E-state index contributed by atoms with van der Waals surface area (Å²) in [7, 11) is 0. The second-order valence-electron chi connectivity index (χ2n) is 22.1. The van der Waals surface area contributed by atoms with Crippen LogP contribution in [0.3, 0.4) is 0 Å². The van der Waals surface area contributed by atoms with E-state index in [1.807, 2.05) is 0 Å². The largest absolute Gasteiger partial charge is 0.466 e. The van der Waals surface area contributed by atoms with Gasteiger partial charge in [0.15, 0.2) is 0 Å². The Labute approximate surface area is 443 Å². The number of carbonyl (C=O) groups excluding carboxylic acids is 2. The number of aliphatic hydroxyl groups excluding tert-OH is 2. The van der Waals surface area contributed by atoms with Gasteiger partial charge >= 0.3 is 5.97 Å². The van der Waals surface area contributed by atoms with Crippen LogP contribution in [-0.4, -0.2) is 47.4 Å². The fourth-order valence-electron chi connectivity index (χ4n) is 10.1. The highest BCUT2D eigenvalue weighted by atomic mass is 16.5. The standard InChI is InChI=1S/C65H125NO5/c1-3-5-7-9-11-13-15-16-17-18-29-32-35-39-43-47-51-55-59-65(70)71-60-56-52-48-44-40-36-33-30-27-25-23-21-19-20-22-24-26-28-31-34-38-42-46-50-54-58-64(69)66-62(61-67)63(68)57-53-49-45-41-37-14-12-10-8-6-4-2/h20-23,62-63,67-68H,3-19,24-61H2,1-2H3,(H,66,69)/b22-20-,23-21-. The third-order valence-electron chi connectivity index (χ3n) is 15.0. The average molecular weight is 1000 g/mol. The number of allylic oxidation sites excluding steroid dienone is 4. The molecule has 0 saturated heterocycles. The highest BCUT2D eigenvalue weighted by molar-refractivity contribution is 5.76. The Kier molecular flexibility index (Phi) is 59.5. The molecule has 0 bridgehead atoms. The Hall–Kier alpha value is -1.66. The number of carbonyl (C=O) groups is 2. The number of amides is 1. The number of aliphatic hydroxyl groups is 2. The molecule has 2 atom stereocenters. The van der Waals surface area contributed by atoms with Crippen LogP contribution in [0.5, 0.6) is 0 Å². The molecule has 0 radical (unpaired) electrons. The number of nitrogens with one attached hydrogen (secondary N) is 1. The van der Waals surface area contributed by atoms with Gasteiger partial charge in [0.2, 0.25) is 5.91 Å². The molecule has 0 rings (SSSR count). The van der Waals surface area contributed by atoms with Crippen molar-refractivity contribution in [2.45, 2.75) is 366 Å². The van der Waals surface area contributed by atoms with Crippen molar-refractivity contribution in [1.82, 2.24) is 5.32 Å². The maximum absolute atomic E-state index is 12.4. The first-order chi connectivity index (χ1) is 35.0. The lowest BCUT2D eigenvalue weighted by Crippen LogP contribution is -2.45. The maximum Gasteiger partial charge on any atom is 0.305 e. The van der Waals surface area contributed by atoms with E-state index in [9.17, 15) is 19.8 Å². The molecule has 0 saturated carbocycles. The molecular formula is C65H125NO5. The summed E-state index contributed by atoms with van der Waals surface area (Å²) in [5, 5.41) is 23.2. The van der Waals surface area contributed by atoms with Crippen LogP contribution in [0.25, 0.3) is 0 Å². The normalized spacial score (nSPS) is 12.7. The molecule has 3 N–H and O–H groups in total. The van der Waals surface area contributed by atoms with Crippen LogP contribution in [0.15, 0.2) is 24.3 Å². The fraction of sp³-hybridized carbons (Fsp3) is 0.908. The zero-order valence-electron chi connectivity index (χ0n) is 48.0. The van der Waals surface area contributed by atoms with Crippen molar-refractivity contribution in [3.63, 3.8) is 0 Å². The molecule has 2 unspecified atom stereocenters. The van der Waals surface area contributed by atoms with E-state index < -0.39 is 12.1 Å². The molecular weight excluding hydrogens is 875 g/mol. The van der Waals surface area contributed by atoms with Crippen molar-refractivity contribution in [3.8, 4) is 0 Å². The second-order valence-corrected chi connectivity index (χ2v) is 22.1. The lowest BCUT2D eigenvalue weighted by Gasteiger charge is -2.22. The van der Waals surface area contributed by atoms with Gasteiger partial charge < -0.3 is 20.3 Å². The van der Waals surface area contributed by atoms with Crippen molar-refractivity contribution in [3.05, 3.63) is 24.3 Å². The zero-order valence-corrected chi connectivity index (χ0v) is 48.0. The van der Waals surface area contributed by atoms with E-state index in [4.69, 9.17) is 4.74 Å². The summed E-state index contributed by atoms with van der Waals surface area (Å²) < 4.78 is 5.50. The summed E-state index contributed by atoms with van der Waals surface area (Å²) in [6.45, 7) is 4.96. The van der Waals surface area contributed by atoms with Gasteiger partial charge in [0, 0.05) is 12.8 Å². The Morgan fingerprint density at radius 3 is 1.07 bits per heavy atom.